The largest absolute Gasteiger partial charge is 0.465 e. The van der Waals surface area contributed by atoms with Gasteiger partial charge in [0, 0.05) is 18.1 Å². The van der Waals surface area contributed by atoms with E-state index in [0.717, 1.165) is 57.9 Å². The number of hydrogen-bond donors (Lipinski definition) is 4. The van der Waals surface area contributed by atoms with Crippen LogP contribution in [0.5, 0.6) is 0 Å². The summed E-state index contributed by atoms with van der Waals surface area (Å²) in [6.07, 6.45) is 6.88. The zero-order chi connectivity index (χ0) is 19.2. The van der Waals surface area contributed by atoms with Gasteiger partial charge in [-0.2, -0.15) is 0 Å². The first-order valence-corrected chi connectivity index (χ1v) is 9.93. The van der Waals surface area contributed by atoms with Crippen molar-refractivity contribution in [3.8, 4) is 0 Å². The Bertz CT molecular complexity index is 462. The molecule has 2 rings (SSSR count). The Morgan fingerprint density at radius 1 is 0.885 bits per heavy atom. The molecule has 0 aromatic rings. The Balaban J connectivity index is 1.58. The number of amides is 2. The molecule has 0 aromatic heterocycles. The van der Waals surface area contributed by atoms with Gasteiger partial charge in [-0.3, -0.25) is 0 Å². The topological polar surface area (TPSA) is 99.7 Å². The summed E-state index contributed by atoms with van der Waals surface area (Å²) < 4.78 is 5.32. The van der Waals surface area contributed by atoms with Gasteiger partial charge in [-0.25, -0.2) is 9.59 Å². The van der Waals surface area contributed by atoms with Crippen molar-refractivity contribution in [2.75, 3.05) is 6.54 Å². The molecule has 2 fully saturated rings. The van der Waals surface area contributed by atoms with E-state index < -0.39 is 11.7 Å². The van der Waals surface area contributed by atoms with Crippen LogP contribution in [0.3, 0.4) is 0 Å². The molecule has 7 heteroatoms. The van der Waals surface area contributed by atoms with Gasteiger partial charge in [-0.15, -0.1) is 0 Å². The van der Waals surface area contributed by atoms with E-state index >= 15 is 0 Å². The summed E-state index contributed by atoms with van der Waals surface area (Å²) in [5.74, 6) is 0.638. The van der Waals surface area contributed by atoms with Gasteiger partial charge in [0.1, 0.15) is 5.60 Å². The summed E-state index contributed by atoms with van der Waals surface area (Å²) in [6.45, 7) is 6.63. The Kier molecular flexibility index (Phi) is 7.55. The second kappa shape index (κ2) is 9.44. The van der Waals surface area contributed by atoms with Crippen molar-refractivity contribution in [2.24, 2.45) is 5.92 Å². The number of ether oxygens (including phenoxy) is 1. The summed E-state index contributed by atoms with van der Waals surface area (Å²) in [6, 6.07) is 0.847. The molecule has 26 heavy (non-hydrogen) atoms. The molecular weight excluding hydrogens is 334 g/mol. The third-order valence-corrected chi connectivity index (χ3v) is 5.32. The van der Waals surface area contributed by atoms with Crippen molar-refractivity contribution < 1.29 is 19.4 Å². The number of carboxylic acid groups (broad SMARTS) is 1. The van der Waals surface area contributed by atoms with Crippen molar-refractivity contribution in [1.82, 2.24) is 16.0 Å². The first-order valence-electron chi connectivity index (χ1n) is 9.93. The number of rotatable bonds is 5. The molecule has 2 amide bonds. The molecule has 0 unspecified atom stereocenters. The second-order valence-corrected chi connectivity index (χ2v) is 8.77. The Hall–Kier alpha value is -1.50. The van der Waals surface area contributed by atoms with Crippen LogP contribution in [-0.4, -0.2) is 47.6 Å². The van der Waals surface area contributed by atoms with Crippen molar-refractivity contribution in [1.29, 1.82) is 0 Å². The average molecular weight is 370 g/mol. The minimum Gasteiger partial charge on any atom is -0.465 e. The van der Waals surface area contributed by atoms with Crippen molar-refractivity contribution in [2.45, 2.75) is 95.9 Å². The van der Waals surface area contributed by atoms with Crippen LogP contribution >= 0.6 is 0 Å². The quantitative estimate of drug-likeness (QED) is 0.596. The molecule has 0 radical (unpaired) electrons. The van der Waals surface area contributed by atoms with Gasteiger partial charge in [0.05, 0.1) is 0 Å². The number of hydrogen-bond acceptors (Lipinski definition) is 4. The lowest BCUT2D eigenvalue weighted by Gasteiger charge is -2.33. The second-order valence-electron chi connectivity index (χ2n) is 8.77. The van der Waals surface area contributed by atoms with Crippen molar-refractivity contribution >= 4 is 12.2 Å². The lowest BCUT2D eigenvalue weighted by atomic mass is 9.85. The van der Waals surface area contributed by atoms with E-state index in [4.69, 9.17) is 9.84 Å². The van der Waals surface area contributed by atoms with E-state index in [1.165, 1.54) is 0 Å². The lowest BCUT2D eigenvalue weighted by molar-refractivity contribution is 0.0489. The zero-order valence-corrected chi connectivity index (χ0v) is 16.3. The van der Waals surface area contributed by atoms with Crippen molar-refractivity contribution in [3.63, 3.8) is 0 Å². The highest BCUT2D eigenvalue weighted by Crippen LogP contribution is 2.25. The summed E-state index contributed by atoms with van der Waals surface area (Å²) >= 11 is 0. The predicted molar refractivity (Wildman–Crippen MR) is 100 cm³/mol. The van der Waals surface area contributed by atoms with Crippen LogP contribution in [0.1, 0.15) is 72.1 Å². The maximum absolute atomic E-state index is 11.8. The highest BCUT2D eigenvalue weighted by molar-refractivity contribution is 5.68. The maximum atomic E-state index is 11.8. The fourth-order valence-electron chi connectivity index (χ4n) is 3.93. The number of alkyl carbamates (subject to hydrolysis) is 1. The smallest absolute Gasteiger partial charge is 0.407 e. The molecule has 0 saturated heterocycles. The van der Waals surface area contributed by atoms with Gasteiger partial charge in [0.25, 0.3) is 0 Å². The predicted octanol–water partition coefficient (Wildman–Crippen LogP) is 3.24. The summed E-state index contributed by atoms with van der Waals surface area (Å²) in [5.41, 5.74) is -0.457. The van der Waals surface area contributed by atoms with Gasteiger partial charge in [-0.05, 0) is 84.6 Å². The SMILES string of the molecule is CC(C)(C)OC(=O)N[C@H]1CC[C@H](NC[C@H]2CC[C@H](NC(=O)O)CC2)CC1. The molecular formula is C19H35N3O4. The molecule has 0 heterocycles. The minimum absolute atomic E-state index is 0.123. The number of carbonyl (C=O) groups excluding carboxylic acids is 1. The molecule has 0 spiro atoms. The molecule has 4 N–H and O–H groups in total. The standard InChI is InChI=1S/C19H35N3O4/c1-19(2,3)26-18(25)22-16-10-8-14(9-11-16)20-12-13-4-6-15(7-5-13)21-17(23)24/h13-16,20-21H,4-12H2,1-3H3,(H,22,25)(H,23,24)/t13-,14-,15-,16-. The fourth-order valence-corrected chi connectivity index (χ4v) is 3.93. The van der Waals surface area contributed by atoms with Gasteiger partial charge < -0.3 is 25.8 Å². The van der Waals surface area contributed by atoms with Crippen LogP contribution in [-0.2, 0) is 4.74 Å². The minimum atomic E-state index is -0.914. The average Bonchev–Trinajstić information content (AvgIpc) is 2.53. The zero-order valence-electron chi connectivity index (χ0n) is 16.3. The molecule has 0 aliphatic heterocycles. The summed E-state index contributed by atoms with van der Waals surface area (Å²) in [7, 11) is 0. The molecule has 2 saturated carbocycles. The van der Waals surface area contributed by atoms with Gasteiger partial charge in [-0.1, -0.05) is 0 Å². The monoisotopic (exact) mass is 369 g/mol. The Morgan fingerprint density at radius 3 is 1.92 bits per heavy atom. The van der Waals surface area contributed by atoms with E-state index in [9.17, 15) is 9.59 Å². The van der Waals surface area contributed by atoms with Crippen LogP contribution in [0, 0.1) is 5.92 Å². The van der Waals surface area contributed by atoms with E-state index in [1.807, 2.05) is 20.8 Å². The highest BCUT2D eigenvalue weighted by Gasteiger charge is 2.26. The van der Waals surface area contributed by atoms with E-state index in [1.54, 1.807) is 0 Å². The normalized spacial score (nSPS) is 29.7. The maximum Gasteiger partial charge on any atom is 0.407 e. The molecule has 2 aliphatic rings. The third kappa shape index (κ3) is 7.81. The van der Waals surface area contributed by atoms with Crippen LogP contribution < -0.4 is 16.0 Å². The molecule has 0 atom stereocenters. The van der Waals surface area contributed by atoms with Crippen LogP contribution in [0.2, 0.25) is 0 Å². The van der Waals surface area contributed by atoms with Crippen LogP contribution in [0.25, 0.3) is 0 Å². The van der Waals surface area contributed by atoms with Crippen LogP contribution in [0.4, 0.5) is 9.59 Å². The van der Waals surface area contributed by atoms with Crippen LogP contribution in [0.15, 0.2) is 0 Å². The first-order chi connectivity index (χ1) is 12.2. The van der Waals surface area contributed by atoms with Gasteiger partial charge in [0.15, 0.2) is 0 Å². The number of nitrogens with one attached hydrogen (secondary N) is 3. The van der Waals surface area contributed by atoms with Crippen molar-refractivity contribution in [3.05, 3.63) is 0 Å². The molecule has 150 valence electrons. The molecule has 7 nitrogen and oxygen atoms in total. The Labute approximate surface area is 156 Å². The highest BCUT2D eigenvalue weighted by atomic mass is 16.6. The molecule has 0 aromatic carbocycles. The lowest BCUT2D eigenvalue weighted by Crippen LogP contribution is -2.45. The number of carbonyl (C=O) groups is 2. The fraction of sp³-hybridized carbons (Fsp3) is 0.895. The third-order valence-electron chi connectivity index (χ3n) is 5.32. The van der Waals surface area contributed by atoms with Gasteiger partial charge >= 0.3 is 12.2 Å². The molecule has 0 bridgehead atoms. The summed E-state index contributed by atoms with van der Waals surface area (Å²) in [5, 5.41) is 18.0. The van der Waals surface area contributed by atoms with E-state index in [-0.39, 0.29) is 18.2 Å². The van der Waals surface area contributed by atoms with Gasteiger partial charge in [0.2, 0.25) is 0 Å². The summed E-state index contributed by atoms with van der Waals surface area (Å²) in [4.78, 5) is 22.5. The van der Waals surface area contributed by atoms with E-state index in [0.29, 0.717) is 12.0 Å². The Morgan fingerprint density at radius 2 is 1.38 bits per heavy atom. The molecule has 2 aliphatic carbocycles. The van der Waals surface area contributed by atoms with E-state index in [2.05, 4.69) is 16.0 Å². The first kappa shape index (κ1) is 20.8.